The van der Waals surface area contributed by atoms with Gasteiger partial charge in [0.25, 0.3) is 10.0 Å². The Hall–Kier alpha value is -3.39. The zero-order valence-electron chi connectivity index (χ0n) is 17.7. The number of ether oxygens (including phenoxy) is 1. The first-order valence-electron chi connectivity index (χ1n) is 9.72. The number of carbonyl (C=O) groups excluding carboxylic acids is 1. The number of anilines is 1. The molecule has 2 aromatic carbocycles. The molecule has 0 aliphatic carbocycles. The lowest BCUT2D eigenvalue weighted by Crippen LogP contribution is -2.40. The summed E-state index contributed by atoms with van der Waals surface area (Å²) in [6, 6.07) is 17.3. The van der Waals surface area contributed by atoms with Gasteiger partial charge in [0.1, 0.15) is 17.2 Å². The van der Waals surface area contributed by atoms with Crippen LogP contribution in [0.4, 0.5) is 5.69 Å². The van der Waals surface area contributed by atoms with Crippen LogP contribution in [0.3, 0.4) is 0 Å². The van der Waals surface area contributed by atoms with E-state index in [1.165, 1.54) is 7.11 Å². The van der Waals surface area contributed by atoms with Gasteiger partial charge in [0, 0.05) is 6.20 Å². The summed E-state index contributed by atoms with van der Waals surface area (Å²) in [5, 5.41) is 2.74. The van der Waals surface area contributed by atoms with E-state index in [-0.39, 0.29) is 23.7 Å². The van der Waals surface area contributed by atoms with Crippen LogP contribution in [0.5, 0.6) is 5.75 Å². The third kappa shape index (κ3) is 5.40. The summed E-state index contributed by atoms with van der Waals surface area (Å²) in [5.41, 5.74) is 2.82. The molecule has 0 spiro atoms. The molecule has 0 aliphatic heterocycles. The molecule has 3 aromatic rings. The molecule has 1 amide bonds. The van der Waals surface area contributed by atoms with Gasteiger partial charge < -0.3 is 10.1 Å². The van der Waals surface area contributed by atoms with Gasteiger partial charge in [-0.05, 0) is 55.8 Å². The number of pyridine rings is 1. The average molecular weight is 440 g/mol. The van der Waals surface area contributed by atoms with Crippen molar-refractivity contribution >= 4 is 21.6 Å². The predicted octanol–water partition coefficient (Wildman–Crippen LogP) is 3.22. The number of hydrogen-bond acceptors (Lipinski definition) is 5. The third-order valence-corrected chi connectivity index (χ3v) is 6.48. The molecule has 0 bridgehead atoms. The van der Waals surface area contributed by atoms with Gasteiger partial charge in [0.05, 0.1) is 25.0 Å². The molecule has 0 saturated heterocycles. The minimum Gasteiger partial charge on any atom is -0.495 e. The van der Waals surface area contributed by atoms with Crippen molar-refractivity contribution in [2.75, 3.05) is 18.0 Å². The molecule has 0 fully saturated rings. The van der Waals surface area contributed by atoms with E-state index in [0.29, 0.717) is 11.4 Å². The average Bonchev–Trinajstić information content (AvgIpc) is 2.77. The van der Waals surface area contributed by atoms with Crippen molar-refractivity contribution in [2.45, 2.75) is 25.3 Å². The number of benzene rings is 2. The van der Waals surface area contributed by atoms with Crippen LogP contribution >= 0.6 is 0 Å². The van der Waals surface area contributed by atoms with Gasteiger partial charge in [-0.1, -0.05) is 29.8 Å². The maximum absolute atomic E-state index is 13.6. The lowest BCUT2D eigenvalue weighted by molar-refractivity contribution is -0.119. The Morgan fingerprint density at radius 3 is 2.39 bits per heavy atom. The number of aromatic nitrogens is 1. The fourth-order valence-corrected chi connectivity index (χ4v) is 4.67. The second kappa shape index (κ2) is 9.61. The van der Waals surface area contributed by atoms with E-state index in [1.54, 1.807) is 67.7 Å². The standard InChI is InChI=1S/C23H25N3O4S/c1-17-7-10-20(11-8-17)26(16-23(27)25-15-19-6-4-5-13-24-19)31(28,29)22-14-18(2)9-12-21(22)30-3/h4-14H,15-16H2,1-3H3,(H,25,27). The summed E-state index contributed by atoms with van der Waals surface area (Å²) in [4.78, 5) is 16.9. The zero-order valence-corrected chi connectivity index (χ0v) is 18.5. The van der Waals surface area contributed by atoms with E-state index in [1.807, 2.05) is 13.0 Å². The van der Waals surface area contributed by atoms with Crippen molar-refractivity contribution in [3.8, 4) is 5.75 Å². The number of nitrogens with zero attached hydrogens (tertiary/aromatic N) is 2. The first kappa shape index (κ1) is 22.3. The Balaban J connectivity index is 1.94. The maximum atomic E-state index is 13.6. The van der Waals surface area contributed by atoms with Gasteiger partial charge in [-0.3, -0.25) is 14.1 Å². The smallest absolute Gasteiger partial charge is 0.268 e. The van der Waals surface area contributed by atoms with Crippen LogP contribution < -0.4 is 14.4 Å². The summed E-state index contributed by atoms with van der Waals surface area (Å²) >= 11 is 0. The quantitative estimate of drug-likeness (QED) is 0.582. The van der Waals surface area contributed by atoms with E-state index in [9.17, 15) is 13.2 Å². The zero-order chi connectivity index (χ0) is 22.4. The SMILES string of the molecule is COc1ccc(C)cc1S(=O)(=O)N(CC(=O)NCc1ccccn1)c1ccc(C)cc1. The molecular weight excluding hydrogens is 414 g/mol. The molecule has 1 heterocycles. The molecule has 3 rings (SSSR count). The normalized spacial score (nSPS) is 11.1. The number of rotatable bonds is 8. The second-order valence-electron chi connectivity index (χ2n) is 7.10. The molecule has 0 radical (unpaired) electrons. The van der Waals surface area contributed by atoms with Crippen molar-refractivity contribution < 1.29 is 17.9 Å². The molecular formula is C23H25N3O4S. The Labute approximate surface area is 182 Å². The van der Waals surface area contributed by atoms with E-state index < -0.39 is 15.9 Å². The maximum Gasteiger partial charge on any atom is 0.268 e. The Kier molecular flexibility index (Phi) is 6.91. The second-order valence-corrected chi connectivity index (χ2v) is 8.93. The fourth-order valence-electron chi connectivity index (χ4n) is 3.01. The molecule has 0 unspecified atom stereocenters. The topological polar surface area (TPSA) is 88.6 Å². The summed E-state index contributed by atoms with van der Waals surface area (Å²) in [5.74, 6) is -0.224. The minimum atomic E-state index is -4.08. The highest BCUT2D eigenvalue weighted by molar-refractivity contribution is 7.93. The first-order chi connectivity index (χ1) is 14.8. The van der Waals surface area contributed by atoms with Gasteiger partial charge in [-0.25, -0.2) is 8.42 Å². The van der Waals surface area contributed by atoms with E-state index >= 15 is 0 Å². The van der Waals surface area contributed by atoms with Gasteiger partial charge in [-0.15, -0.1) is 0 Å². The number of amides is 1. The third-order valence-electron chi connectivity index (χ3n) is 4.69. The minimum absolute atomic E-state index is 0.00750. The van der Waals surface area contributed by atoms with Crippen molar-refractivity contribution in [1.29, 1.82) is 0 Å². The van der Waals surface area contributed by atoms with Gasteiger partial charge >= 0.3 is 0 Å². The molecule has 162 valence electrons. The number of nitrogens with one attached hydrogen (secondary N) is 1. The van der Waals surface area contributed by atoms with Gasteiger partial charge in [0.2, 0.25) is 5.91 Å². The molecule has 0 saturated carbocycles. The number of sulfonamides is 1. The number of carbonyl (C=O) groups is 1. The van der Waals surface area contributed by atoms with Crippen LogP contribution in [0.15, 0.2) is 71.8 Å². The summed E-state index contributed by atoms with van der Waals surface area (Å²) in [7, 11) is -2.66. The summed E-state index contributed by atoms with van der Waals surface area (Å²) in [6.07, 6.45) is 1.63. The van der Waals surface area contributed by atoms with Gasteiger partial charge in [-0.2, -0.15) is 0 Å². The van der Waals surface area contributed by atoms with Crippen LogP contribution in [-0.4, -0.2) is 33.0 Å². The molecule has 31 heavy (non-hydrogen) atoms. The van der Waals surface area contributed by atoms with Crippen LogP contribution in [0, 0.1) is 13.8 Å². The molecule has 1 N–H and O–H groups in total. The molecule has 1 aromatic heterocycles. The van der Waals surface area contributed by atoms with Crippen molar-refractivity contribution in [3.63, 3.8) is 0 Å². The fraction of sp³-hybridized carbons (Fsp3) is 0.217. The van der Waals surface area contributed by atoms with E-state index in [2.05, 4.69) is 10.3 Å². The summed E-state index contributed by atoms with van der Waals surface area (Å²) < 4.78 is 33.6. The Morgan fingerprint density at radius 1 is 1.03 bits per heavy atom. The lowest BCUT2D eigenvalue weighted by atomic mass is 10.2. The Bertz CT molecular complexity index is 1150. The van der Waals surface area contributed by atoms with Gasteiger partial charge in [0.15, 0.2) is 0 Å². The van der Waals surface area contributed by atoms with Crippen LogP contribution in [-0.2, 0) is 21.4 Å². The van der Waals surface area contributed by atoms with Crippen molar-refractivity contribution in [2.24, 2.45) is 0 Å². The lowest BCUT2D eigenvalue weighted by Gasteiger charge is -2.25. The highest BCUT2D eigenvalue weighted by Crippen LogP contribution is 2.31. The first-order valence-corrected chi connectivity index (χ1v) is 11.2. The van der Waals surface area contributed by atoms with Crippen LogP contribution in [0.1, 0.15) is 16.8 Å². The highest BCUT2D eigenvalue weighted by Gasteiger charge is 2.30. The predicted molar refractivity (Wildman–Crippen MR) is 120 cm³/mol. The monoisotopic (exact) mass is 439 g/mol. The molecule has 8 heteroatoms. The van der Waals surface area contributed by atoms with E-state index in [0.717, 1.165) is 15.4 Å². The van der Waals surface area contributed by atoms with Crippen LogP contribution in [0.25, 0.3) is 0 Å². The number of aryl methyl sites for hydroxylation is 2. The molecule has 0 aliphatic rings. The van der Waals surface area contributed by atoms with Crippen molar-refractivity contribution in [3.05, 3.63) is 83.7 Å². The number of methoxy groups -OCH3 is 1. The van der Waals surface area contributed by atoms with E-state index in [4.69, 9.17) is 4.74 Å². The summed E-state index contributed by atoms with van der Waals surface area (Å²) in [6.45, 7) is 3.53. The highest BCUT2D eigenvalue weighted by atomic mass is 32.2. The molecule has 7 nitrogen and oxygen atoms in total. The number of hydrogen-bond donors (Lipinski definition) is 1. The Morgan fingerprint density at radius 2 is 1.74 bits per heavy atom. The molecule has 0 atom stereocenters. The van der Waals surface area contributed by atoms with Crippen LogP contribution in [0.2, 0.25) is 0 Å². The van der Waals surface area contributed by atoms with Crippen molar-refractivity contribution in [1.82, 2.24) is 10.3 Å². The largest absolute Gasteiger partial charge is 0.495 e.